The number of hydrogen-bond acceptors (Lipinski definition) is 4. The minimum atomic E-state index is -4.16. The van der Waals surface area contributed by atoms with Gasteiger partial charge in [0, 0.05) is 0 Å². The van der Waals surface area contributed by atoms with Crippen LogP contribution in [0.2, 0.25) is 5.02 Å². The fourth-order valence-corrected chi connectivity index (χ4v) is 3.86. The van der Waals surface area contributed by atoms with E-state index >= 15 is 0 Å². The highest BCUT2D eigenvalue weighted by atomic mass is 35.5. The van der Waals surface area contributed by atoms with Gasteiger partial charge in [0.25, 0.3) is 0 Å². The SMILES string of the molecule is CCC(CC)(NS(=O)(=O)c1cc(C#N)ccc1Cl)C(=O)O. The maximum atomic E-state index is 12.4. The molecule has 0 radical (unpaired) electrons. The van der Waals surface area contributed by atoms with Crippen molar-refractivity contribution >= 4 is 27.6 Å². The van der Waals surface area contributed by atoms with E-state index in [2.05, 4.69) is 4.72 Å². The highest BCUT2D eigenvalue weighted by Crippen LogP contribution is 2.26. The van der Waals surface area contributed by atoms with Crippen molar-refractivity contribution in [3.05, 3.63) is 28.8 Å². The zero-order valence-corrected chi connectivity index (χ0v) is 13.1. The third-order valence-corrected chi connectivity index (χ3v) is 5.31. The first kappa shape index (κ1) is 17.4. The molecular weight excluding hydrogens is 316 g/mol. The second-order valence-corrected chi connectivity index (χ2v) is 6.51. The van der Waals surface area contributed by atoms with Crippen LogP contribution >= 0.6 is 11.6 Å². The molecule has 0 aromatic heterocycles. The molecule has 0 bridgehead atoms. The Kier molecular flexibility index (Phi) is 5.34. The Labute approximate surface area is 128 Å². The number of hydrogen-bond donors (Lipinski definition) is 2. The fraction of sp³-hybridized carbons (Fsp3) is 0.385. The molecule has 2 N–H and O–H groups in total. The minimum Gasteiger partial charge on any atom is -0.480 e. The summed E-state index contributed by atoms with van der Waals surface area (Å²) in [6.07, 6.45) is 0.154. The van der Waals surface area contributed by atoms with Crippen LogP contribution in [0.15, 0.2) is 23.1 Å². The number of sulfonamides is 1. The van der Waals surface area contributed by atoms with Gasteiger partial charge in [-0.1, -0.05) is 25.4 Å². The Morgan fingerprint density at radius 3 is 2.43 bits per heavy atom. The number of rotatable bonds is 6. The predicted molar refractivity (Wildman–Crippen MR) is 77.4 cm³/mol. The number of carboxylic acids is 1. The van der Waals surface area contributed by atoms with Gasteiger partial charge < -0.3 is 5.11 Å². The van der Waals surface area contributed by atoms with Crippen molar-refractivity contribution < 1.29 is 18.3 Å². The smallest absolute Gasteiger partial charge is 0.324 e. The molecule has 1 aromatic carbocycles. The van der Waals surface area contributed by atoms with Gasteiger partial charge in [0.05, 0.1) is 16.7 Å². The average Bonchev–Trinajstić information content (AvgIpc) is 2.44. The summed E-state index contributed by atoms with van der Waals surface area (Å²) < 4.78 is 27.0. The van der Waals surface area contributed by atoms with Crippen molar-refractivity contribution in [2.75, 3.05) is 0 Å². The molecule has 21 heavy (non-hydrogen) atoms. The largest absolute Gasteiger partial charge is 0.480 e. The molecule has 114 valence electrons. The van der Waals surface area contributed by atoms with Crippen LogP contribution in [0, 0.1) is 11.3 Å². The number of carbonyl (C=O) groups is 1. The van der Waals surface area contributed by atoms with Gasteiger partial charge in [-0.15, -0.1) is 0 Å². The Hall–Kier alpha value is -1.62. The number of carboxylic acid groups (broad SMARTS) is 1. The normalized spacial score (nSPS) is 11.9. The number of nitrogens with zero attached hydrogens (tertiary/aromatic N) is 1. The molecule has 0 aliphatic carbocycles. The van der Waals surface area contributed by atoms with E-state index in [0.717, 1.165) is 6.07 Å². The van der Waals surface area contributed by atoms with Crippen LogP contribution in [-0.4, -0.2) is 25.0 Å². The lowest BCUT2D eigenvalue weighted by atomic mass is 9.95. The summed E-state index contributed by atoms with van der Waals surface area (Å²) in [4.78, 5) is 11.1. The molecule has 0 saturated heterocycles. The van der Waals surface area contributed by atoms with E-state index in [9.17, 15) is 18.3 Å². The van der Waals surface area contributed by atoms with Crippen molar-refractivity contribution in [3.63, 3.8) is 0 Å². The maximum Gasteiger partial charge on any atom is 0.324 e. The molecule has 0 aliphatic rings. The predicted octanol–water partition coefficient (Wildman–Crippen LogP) is 2.13. The van der Waals surface area contributed by atoms with Gasteiger partial charge in [0.2, 0.25) is 10.0 Å². The number of halogens is 1. The lowest BCUT2D eigenvalue weighted by molar-refractivity contribution is -0.144. The summed E-state index contributed by atoms with van der Waals surface area (Å²) in [6, 6.07) is 5.59. The van der Waals surface area contributed by atoms with Gasteiger partial charge in [0.1, 0.15) is 10.4 Å². The van der Waals surface area contributed by atoms with Gasteiger partial charge in [-0.2, -0.15) is 9.98 Å². The highest BCUT2D eigenvalue weighted by molar-refractivity contribution is 7.89. The van der Waals surface area contributed by atoms with Crippen LogP contribution in [0.25, 0.3) is 0 Å². The number of nitriles is 1. The zero-order valence-electron chi connectivity index (χ0n) is 11.6. The molecule has 0 spiro atoms. The third kappa shape index (κ3) is 3.53. The van der Waals surface area contributed by atoms with Crippen molar-refractivity contribution in [2.24, 2.45) is 0 Å². The van der Waals surface area contributed by atoms with Crippen LogP contribution in [0.3, 0.4) is 0 Å². The van der Waals surface area contributed by atoms with Gasteiger partial charge in [-0.05, 0) is 31.0 Å². The van der Waals surface area contributed by atoms with Crippen molar-refractivity contribution in [1.82, 2.24) is 4.72 Å². The Bertz CT molecular complexity index is 691. The summed E-state index contributed by atoms with van der Waals surface area (Å²) in [5.74, 6) is -1.26. The molecule has 1 rings (SSSR count). The molecule has 0 atom stereocenters. The molecule has 0 amide bonds. The van der Waals surface area contributed by atoms with Gasteiger partial charge >= 0.3 is 5.97 Å². The summed E-state index contributed by atoms with van der Waals surface area (Å²) >= 11 is 5.86. The standard InChI is InChI=1S/C13H15ClN2O4S/c1-3-13(4-2,12(17)18)16-21(19,20)11-7-9(8-15)5-6-10(11)14/h5-7,16H,3-4H2,1-2H3,(H,17,18). The first-order valence-electron chi connectivity index (χ1n) is 6.19. The van der Waals surface area contributed by atoms with Gasteiger partial charge in [0.15, 0.2) is 0 Å². The van der Waals surface area contributed by atoms with Gasteiger partial charge in [-0.25, -0.2) is 8.42 Å². The van der Waals surface area contributed by atoms with Crippen LogP contribution in [0.4, 0.5) is 0 Å². The van der Waals surface area contributed by atoms with E-state index < -0.39 is 21.5 Å². The first-order valence-corrected chi connectivity index (χ1v) is 8.05. The molecule has 0 unspecified atom stereocenters. The van der Waals surface area contributed by atoms with E-state index in [1.165, 1.54) is 12.1 Å². The van der Waals surface area contributed by atoms with E-state index in [0.29, 0.717) is 0 Å². The molecular formula is C13H15ClN2O4S. The monoisotopic (exact) mass is 330 g/mol. The zero-order chi connectivity index (χ0) is 16.3. The number of aliphatic carboxylic acids is 1. The molecule has 0 heterocycles. The summed E-state index contributed by atoms with van der Waals surface area (Å²) in [5, 5.41) is 18.0. The lowest BCUT2D eigenvalue weighted by Gasteiger charge is -2.27. The van der Waals surface area contributed by atoms with E-state index in [-0.39, 0.29) is 28.3 Å². The van der Waals surface area contributed by atoms with Crippen molar-refractivity contribution in [3.8, 4) is 6.07 Å². The molecule has 8 heteroatoms. The van der Waals surface area contributed by atoms with E-state index in [1.807, 2.05) is 6.07 Å². The molecule has 0 saturated carbocycles. The molecule has 0 fully saturated rings. The average molecular weight is 331 g/mol. The second kappa shape index (κ2) is 6.43. The topological polar surface area (TPSA) is 107 Å². The van der Waals surface area contributed by atoms with Gasteiger partial charge in [-0.3, -0.25) is 4.79 Å². The Morgan fingerprint density at radius 2 is 2.00 bits per heavy atom. The molecule has 1 aromatic rings. The van der Waals surface area contributed by atoms with Crippen LogP contribution < -0.4 is 4.72 Å². The molecule has 6 nitrogen and oxygen atoms in total. The van der Waals surface area contributed by atoms with Crippen LogP contribution in [-0.2, 0) is 14.8 Å². The summed E-state index contributed by atoms with van der Waals surface area (Å²) in [7, 11) is -4.16. The number of nitrogens with one attached hydrogen (secondary N) is 1. The second-order valence-electron chi connectivity index (χ2n) is 4.46. The van der Waals surface area contributed by atoms with Crippen molar-refractivity contribution in [2.45, 2.75) is 37.1 Å². The first-order chi connectivity index (χ1) is 9.72. The van der Waals surface area contributed by atoms with Crippen LogP contribution in [0.1, 0.15) is 32.3 Å². The summed E-state index contributed by atoms with van der Waals surface area (Å²) in [5.41, 5.74) is -1.49. The Balaban J connectivity index is 3.36. The maximum absolute atomic E-state index is 12.4. The minimum absolute atomic E-state index is 0.0759. The van der Waals surface area contributed by atoms with Crippen LogP contribution in [0.5, 0.6) is 0 Å². The number of benzene rings is 1. The van der Waals surface area contributed by atoms with E-state index in [1.54, 1.807) is 13.8 Å². The third-order valence-electron chi connectivity index (χ3n) is 3.30. The summed E-state index contributed by atoms with van der Waals surface area (Å²) in [6.45, 7) is 3.15. The van der Waals surface area contributed by atoms with E-state index in [4.69, 9.17) is 16.9 Å². The highest BCUT2D eigenvalue weighted by Gasteiger charge is 2.39. The quantitative estimate of drug-likeness (QED) is 0.830. The fourth-order valence-electron chi connectivity index (χ4n) is 1.83. The molecule has 0 aliphatic heterocycles. The van der Waals surface area contributed by atoms with Crippen molar-refractivity contribution in [1.29, 1.82) is 5.26 Å². The lowest BCUT2D eigenvalue weighted by Crippen LogP contribution is -2.53. The Morgan fingerprint density at radius 1 is 1.43 bits per heavy atom.